The minimum absolute atomic E-state index is 0.413. The molecule has 4 heteroatoms. The Bertz CT molecular complexity index is 176. The Labute approximate surface area is 70.1 Å². The van der Waals surface area contributed by atoms with E-state index in [2.05, 4.69) is 0 Å². The molecule has 0 unspecified atom stereocenters. The highest BCUT2D eigenvalue weighted by molar-refractivity contribution is 5.90. The van der Waals surface area contributed by atoms with Gasteiger partial charge in [0.05, 0.1) is 5.54 Å². The van der Waals surface area contributed by atoms with E-state index in [1.54, 1.807) is 0 Å². The highest BCUT2D eigenvalue weighted by Gasteiger charge is 2.39. The van der Waals surface area contributed by atoms with E-state index in [0.717, 1.165) is 19.3 Å². The average Bonchev–Trinajstić information content (AvgIpc) is 2.04. The normalized spacial score (nSPS) is 22.7. The van der Waals surface area contributed by atoms with Crippen LogP contribution in [0.5, 0.6) is 0 Å². The number of Topliss-reactive ketones (excluding diaryl/α,β-unsaturated/α-hetero) is 1. The smallest absolute Gasteiger partial charge is 0.297 e. The van der Waals surface area contributed by atoms with Crippen LogP contribution in [-0.4, -0.2) is 17.7 Å². The van der Waals surface area contributed by atoms with E-state index in [4.69, 9.17) is 5.73 Å². The Morgan fingerprint density at radius 1 is 1.25 bits per heavy atom. The highest BCUT2D eigenvalue weighted by atomic mass is 19.3. The molecule has 0 aromatic carbocycles. The Kier molecular flexibility index (Phi) is 2.77. The van der Waals surface area contributed by atoms with Gasteiger partial charge in [0.15, 0.2) is 0 Å². The zero-order valence-electron chi connectivity index (χ0n) is 6.85. The predicted octanol–water partition coefficient (Wildman–Crippen LogP) is 1.48. The summed E-state index contributed by atoms with van der Waals surface area (Å²) in [5.41, 5.74) is 4.34. The number of hydrogen-bond acceptors (Lipinski definition) is 2. The van der Waals surface area contributed by atoms with Crippen LogP contribution in [0.1, 0.15) is 32.1 Å². The van der Waals surface area contributed by atoms with Gasteiger partial charge in [-0.15, -0.1) is 0 Å². The molecule has 0 atom stereocenters. The Balaban J connectivity index is 2.62. The molecule has 0 aliphatic heterocycles. The number of nitrogens with two attached hydrogens (primary N) is 1. The second-order valence-corrected chi connectivity index (χ2v) is 3.38. The van der Waals surface area contributed by atoms with Gasteiger partial charge in [-0.25, -0.2) is 8.78 Å². The summed E-state index contributed by atoms with van der Waals surface area (Å²) in [7, 11) is 0. The van der Waals surface area contributed by atoms with Crippen molar-refractivity contribution in [3.63, 3.8) is 0 Å². The van der Waals surface area contributed by atoms with Crippen LogP contribution in [-0.2, 0) is 4.79 Å². The number of carbonyl (C=O) groups is 1. The number of alkyl halides is 2. The van der Waals surface area contributed by atoms with Crippen molar-refractivity contribution >= 4 is 5.78 Å². The summed E-state index contributed by atoms with van der Waals surface area (Å²) in [5, 5.41) is 0. The second kappa shape index (κ2) is 3.47. The maximum absolute atomic E-state index is 12.0. The summed E-state index contributed by atoms with van der Waals surface area (Å²) in [6, 6.07) is 0. The topological polar surface area (TPSA) is 43.1 Å². The molecule has 1 aliphatic carbocycles. The first kappa shape index (κ1) is 9.58. The number of carbonyl (C=O) groups excluding carboxylic acids is 1. The Morgan fingerprint density at radius 2 is 1.75 bits per heavy atom. The largest absolute Gasteiger partial charge is 0.319 e. The molecule has 0 aromatic rings. The lowest BCUT2D eigenvalue weighted by Gasteiger charge is -2.31. The third-order valence-corrected chi connectivity index (χ3v) is 2.43. The molecule has 1 aliphatic rings. The van der Waals surface area contributed by atoms with Crippen molar-refractivity contribution in [1.82, 2.24) is 0 Å². The minimum Gasteiger partial charge on any atom is -0.319 e. The number of rotatable bonds is 2. The third-order valence-electron chi connectivity index (χ3n) is 2.43. The van der Waals surface area contributed by atoms with Crippen molar-refractivity contribution in [2.75, 3.05) is 0 Å². The molecule has 2 N–H and O–H groups in total. The van der Waals surface area contributed by atoms with Gasteiger partial charge in [-0.3, -0.25) is 4.79 Å². The Hall–Kier alpha value is -0.510. The van der Waals surface area contributed by atoms with E-state index in [1.165, 1.54) is 0 Å². The van der Waals surface area contributed by atoms with E-state index in [0.29, 0.717) is 12.8 Å². The van der Waals surface area contributed by atoms with E-state index >= 15 is 0 Å². The summed E-state index contributed by atoms with van der Waals surface area (Å²) < 4.78 is 24.1. The van der Waals surface area contributed by atoms with Crippen LogP contribution in [0.4, 0.5) is 8.78 Å². The molecule has 1 saturated carbocycles. The molecule has 1 rings (SSSR count). The molecule has 0 heterocycles. The van der Waals surface area contributed by atoms with Crippen molar-refractivity contribution in [3.8, 4) is 0 Å². The van der Waals surface area contributed by atoms with Crippen LogP contribution in [0.3, 0.4) is 0 Å². The first-order valence-electron chi connectivity index (χ1n) is 4.18. The van der Waals surface area contributed by atoms with Crippen molar-refractivity contribution in [3.05, 3.63) is 0 Å². The predicted molar refractivity (Wildman–Crippen MR) is 41.0 cm³/mol. The lowest BCUT2D eigenvalue weighted by atomic mass is 9.79. The fourth-order valence-electron chi connectivity index (χ4n) is 1.65. The molecule has 0 aromatic heterocycles. The van der Waals surface area contributed by atoms with Gasteiger partial charge in [-0.1, -0.05) is 19.3 Å². The van der Waals surface area contributed by atoms with Crippen LogP contribution < -0.4 is 5.73 Å². The molecule has 0 radical (unpaired) electrons. The number of ketones is 1. The Morgan fingerprint density at radius 3 is 2.17 bits per heavy atom. The van der Waals surface area contributed by atoms with Gasteiger partial charge in [0.1, 0.15) is 0 Å². The lowest BCUT2D eigenvalue weighted by Crippen LogP contribution is -2.52. The molecule has 12 heavy (non-hydrogen) atoms. The summed E-state index contributed by atoms with van der Waals surface area (Å²) in [6.45, 7) is 0. The van der Waals surface area contributed by atoms with Crippen LogP contribution >= 0.6 is 0 Å². The molecule has 0 bridgehead atoms. The summed E-state index contributed by atoms with van der Waals surface area (Å²) in [4.78, 5) is 10.9. The van der Waals surface area contributed by atoms with Gasteiger partial charge in [-0.2, -0.15) is 0 Å². The van der Waals surface area contributed by atoms with E-state index in [1.807, 2.05) is 0 Å². The maximum atomic E-state index is 12.0. The van der Waals surface area contributed by atoms with Crippen molar-refractivity contribution in [1.29, 1.82) is 0 Å². The van der Waals surface area contributed by atoms with Crippen LogP contribution in [0.2, 0.25) is 0 Å². The molecule has 0 spiro atoms. The fraction of sp³-hybridized carbons (Fsp3) is 0.875. The van der Waals surface area contributed by atoms with E-state index in [9.17, 15) is 13.6 Å². The molecule has 0 amide bonds. The van der Waals surface area contributed by atoms with Crippen LogP contribution in [0.15, 0.2) is 0 Å². The van der Waals surface area contributed by atoms with Crippen molar-refractivity contribution < 1.29 is 13.6 Å². The number of hydrogen-bond donors (Lipinski definition) is 1. The fourth-order valence-corrected chi connectivity index (χ4v) is 1.65. The quantitative estimate of drug-likeness (QED) is 0.694. The monoisotopic (exact) mass is 177 g/mol. The van der Waals surface area contributed by atoms with Crippen LogP contribution in [0, 0.1) is 0 Å². The first-order chi connectivity index (χ1) is 5.56. The van der Waals surface area contributed by atoms with Crippen molar-refractivity contribution in [2.45, 2.75) is 44.1 Å². The lowest BCUT2D eigenvalue weighted by molar-refractivity contribution is -0.136. The standard InChI is InChI=1S/C8H13F2NO/c9-7(10)6(12)8(11)4-2-1-3-5-8/h7H,1-5,11H2. The molecule has 0 saturated heterocycles. The first-order valence-corrected chi connectivity index (χ1v) is 4.18. The van der Waals surface area contributed by atoms with Gasteiger partial charge >= 0.3 is 0 Å². The van der Waals surface area contributed by atoms with E-state index in [-0.39, 0.29) is 0 Å². The van der Waals surface area contributed by atoms with Gasteiger partial charge in [0, 0.05) is 0 Å². The molecule has 2 nitrogen and oxygen atoms in total. The van der Waals surface area contributed by atoms with Gasteiger partial charge < -0.3 is 5.73 Å². The molecule has 1 fully saturated rings. The summed E-state index contributed by atoms with van der Waals surface area (Å²) in [6.07, 6.45) is 0.485. The maximum Gasteiger partial charge on any atom is 0.297 e. The molecular formula is C8H13F2NO. The van der Waals surface area contributed by atoms with Crippen LogP contribution in [0.25, 0.3) is 0 Å². The zero-order valence-corrected chi connectivity index (χ0v) is 6.85. The van der Waals surface area contributed by atoms with Gasteiger partial charge in [0.25, 0.3) is 6.43 Å². The average molecular weight is 177 g/mol. The molecule has 70 valence electrons. The SMILES string of the molecule is NC1(C(=O)C(F)F)CCCCC1. The van der Waals surface area contributed by atoms with Gasteiger partial charge in [-0.05, 0) is 12.8 Å². The minimum atomic E-state index is -2.91. The molecular weight excluding hydrogens is 164 g/mol. The van der Waals surface area contributed by atoms with Gasteiger partial charge in [0.2, 0.25) is 5.78 Å². The third kappa shape index (κ3) is 1.80. The zero-order chi connectivity index (χ0) is 9.19. The summed E-state index contributed by atoms with van der Waals surface area (Å²) in [5.74, 6) is -1.08. The highest BCUT2D eigenvalue weighted by Crippen LogP contribution is 2.28. The van der Waals surface area contributed by atoms with Crippen molar-refractivity contribution in [2.24, 2.45) is 5.73 Å². The second-order valence-electron chi connectivity index (χ2n) is 3.38. The number of halogens is 2. The summed E-state index contributed by atoms with van der Waals surface area (Å²) >= 11 is 0. The van der Waals surface area contributed by atoms with E-state index < -0.39 is 17.7 Å².